The number of esters is 1. The minimum absolute atomic E-state index is 0.0350. The second kappa shape index (κ2) is 8.93. The number of aromatic nitrogens is 2. The second-order valence-electron chi connectivity index (χ2n) is 6.13. The minimum Gasteiger partial charge on any atom is -0.462 e. The number of carbonyl (C=O) groups is 1. The van der Waals surface area contributed by atoms with Crippen molar-refractivity contribution in [3.05, 3.63) is 56.4 Å². The summed E-state index contributed by atoms with van der Waals surface area (Å²) in [6.45, 7) is 4.32. The van der Waals surface area contributed by atoms with Gasteiger partial charge in [-0.15, -0.1) is 11.3 Å². The van der Waals surface area contributed by atoms with Crippen LogP contribution in [0.4, 0.5) is 5.69 Å². The van der Waals surface area contributed by atoms with Gasteiger partial charge in [0.15, 0.2) is 0 Å². The number of benzene rings is 1. The molecule has 0 saturated carbocycles. The molecule has 0 saturated heterocycles. The molecule has 0 spiro atoms. The number of hydrogen-bond donors (Lipinski definition) is 0. The maximum atomic E-state index is 13.1. The van der Waals surface area contributed by atoms with Crippen molar-refractivity contribution in [2.75, 3.05) is 19.8 Å². The van der Waals surface area contributed by atoms with Crippen LogP contribution in [0.15, 0.2) is 40.8 Å². The summed E-state index contributed by atoms with van der Waals surface area (Å²) < 4.78 is 11.5. The van der Waals surface area contributed by atoms with Gasteiger partial charge in [0.25, 0.3) is 11.2 Å². The van der Waals surface area contributed by atoms with Crippen LogP contribution in [0, 0.1) is 10.1 Å². The Morgan fingerprint density at radius 2 is 2.03 bits per heavy atom. The van der Waals surface area contributed by atoms with Crippen LogP contribution < -0.4 is 5.56 Å². The van der Waals surface area contributed by atoms with E-state index in [0.717, 1.165) is 0 Å². The minimum atomic E-state index is -0.856. The molecule has 0 aliphatic heterocycles. The van der Waals surface area contributed by atoms with Gasteiger partial charge in [-0.1, -0.05) is 0 Å². The van der Waals surface area contributed by atoms with E-state index in [1.54, 1.807) is 24.4 Å². The highest BCUT2D eigenvalue weighted by Crippen LogP contribution is 2.31. The van der Waals surface area contributed by atoms with Crippen molar-refractivity contribution in [2.24, 2.45) is 0 Å². The number of nitro groups is 1. The first-order valence-electron chi connectivity index (χ1n) is 8.91. The van der Waals surface area contributed by atoms with Crippen LogP contribution in [0.3, 0.4) is 0 Å². The molecule has 0 aliphatic rings. The topological polar surface area (TPSA) is 114 Å². The lowest BCUT2D eigenvalue weighted by Gasteiger charge is -2.14. The Labute approximate surface area is 169 Å². The fourth-order valence-corrected chi connectivity index (χ4v) is 3.68. The Morgan fingerprint density at radius 1 is 1.31 bits per heavy atom. The largest absolute Gasteiger partial charge is 0.462 e. The van der Waals surface area contributed by atoms with E-state index < -0.39 is 16.9 Å². The Kier molecular flexibility index (Phi) is 6.35. The maximum Gasteiger partial charge on any atom is 0.329 e. The zero-order valence-corrected chi connectivity index (χ0v) is 16.7. The molecule has 1 unspecified atom stereocenters. The first-order valence-corrected chi connectivity index (χ1v) is 9.79. The summed E-state index contributed by atoms with van der Waals surface area (Å²) in [7, 11) is 0. The number of carbonyl (C=O) groups excluding carboxylic acids is 1. The van der Waals surface area contributed by atoms with Gasteiger partial charge in [-0.3, -0.25) is 19.5 Å². The number of rotatable bonds is 8. The van der Waals surface area contributed by atoms with Gasteiger partial charge in [0, 0.05) is 29.7 Å². The molecular weight excluding hydrogens is 398 g/mol. The fourth-order valence-electron chi connectivity index (χ4n) is 2.78. The molecule has 0 fully saturated rings. The monoisotopic (exact) mass is 417 g/mol. The summed E-state index contributed by atoms with van der Waals surface area (Å²) in [4.78, 5) is 40.5. The molecular formula is C19H19N3O6S. The molecule has 0 bridgehead atoms. The van der Waals surface area contributed by atoms with Gasteiger partial charge in [0.05, 0.1) is 23.2 Å². The van der Waals surface area contributed by atoms with Crippen molar-refractivity contribution < 1.29 is 19.2 Å². The first-order chi connectivity index (χ1) is 13.9. The van der Waals surface area contributed by atoms with E-state index in [0.29, 0.717) is 28.0 Å². The summed E-state index contributed by atoms with van der Waals surface area (Å²) in [6.07, 6.45) is 1.33. The number of nitrogens with zero attached hydrogens (tertiary/aromatic N) is 3. The van der Waals surface area contributed by atoms with E-state index in [9.17, 15) is 19.7 Å². The number of thiophene rings is 1. The summed E-state index contributed by atoms with van der Waals surface area (Å²) in [5, 5.41) is 13.0. The molecule has 10 heteroatoms. The molecule has 3 rings (SSSR count). The van der Waals surface area contributed by atoms with E-state index in [1.807, 2.05) is 6.92 Å². The third-order valence-electron chi connectivity index (χ3n) is 4.34. The standard InChI is InChI=1S/C19H19N3O6S/c1-3-27-8-9-28-19(24)12(2)21-11-20-17-16(18(21)23)15(10-29-17)13-4-6-14(7-5-13)22(25)26/h4-7,10-12H,3,8-9H2,1-2H3. The molecule has 0 aliphatic carbocycles. The molecule has 1 aromatic carbocycles. The van der Waals surface area contributed by atoms with Crippen molar-refractivity contribution in [3.63, 3.8) is 0 Å². The van der Waals surface area contributed by atoms with E-state index in [2.05, 4.69) is 4.98 Å². The highest BCUT2D eigenvalue weighted by Gasteiger charge is 2.21. The van der Waals surface area contributed by atoms with Gasteiger partial charge in [-0.25, -0.2) is 9.78 Å². The fraction of sp³-hybridized carbons (Fsp3) is 0.316. The zero-order valence-electron chi connectivity index (χ0n) is 15.9. The zero-order chi connectivity index (χ0) is 21.0. The van der Waals surface area contributed by atoms with Gasteiger partial charge in [0.1, 0.15) is 17.5 Å². The van der Waals surface area contributed by atoms with Crippen molar-refractivity contribution in [3.8, 4) is 11.1 Å². The summed E-state index contributed by atoms with van der Waals surface area (Å²) in [5.41, 5.74) is 0.861. The number of nitro benzene ring substituents is 1. The molecule has 0 N–H and O–H groups in total. The van der Waals surface area contributed by atoms with Crippen LogP contribution in [0.2, 0.25) is 0 Å². The Morgan fingerprint density at radius 3 is 2.69 bits per heavy atom. The van der Waals surface area contributed by atoms with Gasteiger partial charge in [-0.2, -0.15) is 0 Å². The lowest BCUT2D eigenvalue weighted by molar-refractivity contribution is -0.384. The average Bonchev–Trinajstić information content (AvgIpc) is 3.16. The highest BCUT2D eigenvalue weighted by atomic mass is 32.1. The number of non-ortho nitro benzene ring substituents is 1. The normalized spacial score (nSPS) is 12.1. The van der Waals surface area contributed by atoms with Crippen LogP contribution in [-0.4, -0.2) is 40.3 Å². The SMILES string of the molecule is CCOCCOC(=O)C(C)n1cnc2scc(-c3ccc([N+](=O)[O-])cc3)c2c1=O. The molecule has 0 radical (unpaired) electrons. The van der Waals surface area contributed by atoms with Crippen LogP contribution in [0.1, 0.15) is 19.9 Å². The number of fused-ring (bicyclic) bond motifs is 1. The maximum absolute atomic E-state index is 13.1. The quantitative estimate of drug-likeness (QED) is 0.239. The summed E-state index contributed by atoms with van der Waals surface area (Å²) in [6, 6.07) is 5.08. The molecule has 1 atom stereocenters. The van der Waals surface area contributed by atoms with Crippen LogP contribution in [-0.2, 0) is 14.3 Å². The van der Waals surface area contributed by atoms with Crippen LogP contribution in [0.5, 0.6) is 0 Å². The smallest absolute Gasteiger partial charge is 0.329 e. The predicted octanol–water partition coefficient (Wildman–Crippen LogP) is 3.17. The predicted molar refractivity (Wildman–Crippen MR) is 108 cm³/mol. The van der Waals surface area contributed by atoms with Gasteiger partial charge in [0.2, 0.25) is 0 Å². The first kappa shape index (κ1) is 20.6. The highest BCUT2D eigenvalue weighted by molar-refractivity contribution is 7.17. The van der Waals surface area contributed by atoms with Crippen molar-refractivity contribution in [1.82, 2.24) is 9.55 Å². The van der Waals surface area contributed by atoms with Gasteiger partial charge in [-0.05, 0) is 31.5 Å². The third-order valence-corrected chi connectivity index (χ3v) is 5.23. The molecule has 0 amide bonds. The lowest BCUT2D eigenvalue weighted by atomic mass is 10.1. The summed E-state index contributed by atoms with van der Waals surface area (Å²) in [5.74, 6) is -0.555. The van der Waals surface area contributed by atoms with E-state index in [4.69, 9.17) is 9.47 Å². The van der Waals surface area contributed by atoms with E-state index in [1.165, 1.54) is 34.4 Å². The number of ether oxygens (including phenoxy) is 2. The second-order valence-corrected chi connectivity index (χ2v) is 6.99. The van der Waals surface area contributed by atoms with Crippen LogP contribution in [0.25, 0.3) is 21.3 Å². The Bertz CT molecular complexity index is 1090. The lowest BCUT2D eigenvalue weighted by Crippen LogP contribution is -2.30. The Hall–Kier alpha value is -3.11. The van der Waals surface area contributed by atoms with E-state index in [-0.39, 0.29) is 24.5 Å². The molecule has 2 aromatic heterocycles. The molecule has 29 heavy (non-hydrogen) atoms. The molecule has 9 nitrogen and oxygen atoms in total. The molecule has 2 heterocycles. The van der Waals surface area contributed by atoms with Crippen LogP contribution >= 0.6 is 11.3 Å². The van der Waals surface area contributed by atoms with Crippen molar-refractivity contribution in [2.45, 2.75) is 19.9 Å². The van der Waals surface area contributed by atoms with Gasteiger partial charge < -0.3 is 9.47 Å². The molecule has 152 valence electrons. The summed E-state index contributed by atoms with van der Waals surface area (Å²) >= 11 is 1.29. The van der Waals surface area contributed by atoms with Crippen molar-refractivity contribution in [1.29, 1.82) is 0 Å². The Balaban J connectivity index is 1.93. The van der Waals surface area contributed by atoms with Gasteiger partial charge >= 0.3 is 5.97 Å². The number of hydrogen-bond acceptors (Lipinski definition) is 8. The average molecular weight is 417 g/mol. The third kappa shape index (κ3) is 4.33. The van der Waals surface area contributed by atoms with E-state index >= 15 is 0 Å². The van der Waals surface area contributed by atoms with Crippen molar-refractivity contribution >= 4 is 33.2 Å². The molecule has 3 aromatic rings.